The third-order valence-electron chi connectivity index (χ3n) is 4.43. The van der Waals surface area contributed by atoms with Gasteiger partial charge in [0.05, 0.1) is 26.5 Å². The van der Waals surface area contributed by atoms with Crippen LogP contribution in [0.25, 0.3) is 0 Å². The number of anilines is 1. The number of amides is 1. The zero-order valence-corrected chi connectivity index (χ0v) is 20.5. The predicted molar refractivity (Wildman–Crippen MR) is 131 cm³/mol. The van der Waals surface area contributed by atoms with Crippen molar-refractivity contribution in [3.05, 3.63) is 75.5 Å². The van der Waals surface area contributed by atoms with E-state index in [-0.39, 0.29) is 17.8 Å². The fraction of sp³-hybridized carbons (Fsp3) is 0.227. The Morgan fingerprint density at radius 3 is 2.66 bits per heavy atom. The van der Waals surface area contributed by atoms with Gasteiger partial charge >= 0.3 is 0 Å². The minimum atomic E-state index is -0.346. The van der Waals surface area contributed by atoms with E-state index >= 15 is 0 Å². The highest BCUT2D eigenvalue weighted by atomic mass is 35.5. The normalized spacial score (nSPS) is 11.8. The first-order valence-corrected chi connectivity index (χ1v) is 11.8. The van der Waals surface area contributed by atoms with E-state index < -0.39 is 0 Å². The number of nitrogens with one attached hydrogen (secondary N) is 1. The maximum absolute atomic E-state index is 12.5. The molecule has 0 aliphatic heterocycles. The molecule has 0 saturated carbocycles. The predicted octanol–water partition coefficient (Wildman–Crippen LogP) is 6.60. The van der Waals surface area contributed by atoms with Crippen LogP contribution in [-0.4, -0.2) is 26.4 Å². The molecule has 0 radical (unpaired) electrons. The lowest BCUT2D eigenvalue weighted by Gasteiger charge is -2.17. The number of aromatic nitrogens is 3. The smallest absolute Gasteiger partial charge is 0.234 e. The third kappa shape index (κ3) is 5.98. The molecule has 1 amide bonds. The number of carbonyl (C=O) groups excluding carboxylic acids is 1. The summed E-state index contributed by atoms with van der Waals surface area (Å²) in [4.78, 5) is 12.5. The molecule has 0 saturated heterocycles. The molecule has 6 nitrogen and oxygen atoms in total. The second kappa shape index (κ2) is 11.1. The minimum absolute atomic E-state index is 0.0961. The number of nitrogens with zero attached hydrogens (tertiary/aromatic N) is 3. The van der Waals surface area contributed by atoms with Crippen molar-refractivity contribution in [2.24, 2.45) is 0 Å². The Hall–Kier alpha value is -2.19. The van der Waals surface area contributed by atoms with Gasteiger partial charge in [-0.1, -0.05) is 70.8 Å². The summed E-state index contributed by atoms with van der Waals surface area (Å²) in [5.41, 5.74) is 1.42. The van der Waals surface area contributed by atoms with E-state index in [2.05, 4.69) is 22.1 Å². The fourth-order valence-corrected chi connectivity index (χ4v) is 4.22. The fourth-order valence-electron chi connectivity index (χ4n) is 2.87. The molecule has 0 aliphatic carbocycles. The van der Waals surface area contributed by atoms with Crippen LogP contribution in [0.1, 0.15) is 24.4 Å². The van der Waals surface area contributed by atoms with Crippen LogP contribution in [0.3, 0.4) is 0 Å². The number of hydrogen-bond donors (Lipinski definition) is 1. The van der Waals surface area contributed by atoms with Crippen molar-refractivity contribution in [3.63, 3.8) is 0 Å². The molecule has 1 unspecified atom stereocenters. The Balaban J connectivity index is 1.70. The molecule has 32 heavy (non-hydrogen) atoms. The third-order valence-corrected chi connectivity index (χ3v) is 6.44. The van der Waals surface area contributed by atoms with Crippen LogP contribution in [0.15, 0.2) is 54.2 Å². The minimum Gasteiger partial charge on any atom is -0.482 e. The topological polar surface area (TPSA) is 69.0 Å². The summed E-state index contributed by atoms with van der Waals surface area (Å²) in [6.07, 6.45) is 1.40. The highest BCUT2D eigenvalue weighted by Gasteiger charge is 2.20. The molecule has 1 N–H and O–H groups in total. The van der Waals surface area contributed by atoms with E-state index in [9.17, 15) is 4.79 Å². The molecule has 1 aromatic heterocycles. The number of rotatable bonds is 9. The largest absolute Gasteiger partial charge is 0.482 e. The summed E-state index contributed by atoms with van der Waals surface area (Å²) < 4.78 is 7.96. The van der Waals surface area contributed by atoms with Crippen molar-refractivity contribution < 1.29 is 9.53 Å². The van der Waals surface area contributed by atoms with E-state index in [1.54, 1.807) is 6.08 Å². The van der Waals surface area contributed by atoms with E-state index in [0.717, 1.165) is 11.3 Å². The summed E-state index contributed by atoms with van der Waals surface area (Å²) in [6, 6.07) is 10.8. The first kappa shape index (κ1) is 24.5. The zero-order valence-electron chi connectivity index (χ0n) is 17.4. The van der Waals surface area contributed by atoms with Crippen molar-refractivity contribution in [3.8, 4) is 5.75 Å². The maximum Gasteiger partial charge on any atom is 0.234 e. The maximum atomic E-state index is 12.5. The van der Waals surface area contributed by atoms with Crippen molar-refractivity contribution in [2.75, 3.05) is 11.1 Å². The van der Waals surface area contributed by atoms with E-state index in [1.165, 1.54) is 23.9 Å². The van der Waals surface area contributed by atoms with Crippen LogP contribution in [-0.2, 0) is 11.3 Å². The lowest BCUT2D eigenvalue weighted by molar-refractivity contribution is -0.113. The standard InChI is InChI=1S/C22H21Cl3N4O2S/c1-4-9-29-21(14(3)31-19-8-6-5-7-13(19)2)27-28-22(29)32-12-20(30)26-18-11-16(24)15(23)10-17(18)25/h4-8,10-11,14H,1,9,12H2,2-3H3,(H,26,30). The Labute approximate surface area is 205 Å². The molecule has 1 atom stereocenters. The Kier molecular flexibility index (Phi) is 8.48. The van der Waals surface area contributed by atoms with Crippen molar-refractivity contribution in [1.82, 2.24) is 14.8 Å². The van der Waals surface area contributed by atoms with E-state index in [0.29, 0.717) is 38.3 Å². The summed E-state index contributed by atoms with van der Waals surface area (Å²) >= 11 is 19.3. The molecule has 3 rings (SSSR count). The number of halogens is 3. The number of benzene rings is 2. The van der Waals surface area contributed by atoms with Crippen molar-refractivity contribution in [1.29, 1.82) is 0 Å². The number of aryl methyl sites for hydroxylation is 1. The Morgan fingerprint density at radius 1 is 1.22 bits per heavy atom. The number of thioether (sulfide) groups is 1. The van der Waals surface area contributed by atoms with Crippen molar-refractivity contribution >= 4 is 58.2 Å². The SMILES string of the molecule is C=CCn1c(SCC(=O)Nc2cc(Cl)c(Cl)cc2Cl)nnc1C(C)Oc1ccccc1C. The molecule has 1 heterocycles. The molecule has 0 bridgehead atoms. The molecule has 168 valence electrons. The molecule has 0 fully saturated rings. The van der Waals surface area contributed by atoms with Crippen LogP contribution in [0.5, 0.6) is 5.75 Å². The quantitative estimate of drug-likeness (QED) is 0.199. The Bertz CT molecular complexity index is 1140. The molecule has 2 aromatic carbocycles. The average Bonchev–Trinajstić information content (AvgIpc) is 3.15. The zero-order chi connectivity index (χ0) is 23.3. The molecular formula is C22H21Cl3N4O2S. The van der Waals surface area contributed by atoms with Gasteiger partial charge in [-0.25, -0.2) is 0 Å². The lowest BCUT2D eigenvalue weighted by Crippen LogP contribution is -2.16. The van der Waals surface area contributed by atoms with Gasteiger partial charge in [0.15, 0.2) is 17.1 Å². The van der Waals surface area contributed by atoms with Gasteiger partial charge < -0.3 is 10.1 Å². The van der Waals surface area contributed by atoms with E-state index in [1.807, 2.05) is 42.7 Å². The van der Waals surface area contributed by atoms with Gasteiger partial charge in [-0.05, 0) is 37.6 Å². The van der Waals surface area contributed by atoms with Crippen LogP contribution < -0.4 is 10.1 Å². The van der Waals surface area contributed by atoms with Gasteiger partial charge in [0.1, 0.15) is 5.75 Å². The second-order valence-electron chi connectivity index (χ2n) is 6.85. The van der Waals surface area contributed by atoms with Gasteiger partial charge in [0.25, 0.3) is 0 Å². The highest BCUT2D eigenvalue weighted by Crippen LogP contribution is 2.32. The van der Waals surface area contributed by atoms with E-state index in [4.69, 9.17) is 39.5 Å². The number of carbonyl (C=O) groups is 1. The van der Waals surface area contributed by atoms with Gasteiger partial charge in [-0.2, -0.15) is 0 Å². The average molecular weight is 512 g/mol. The highest BCUT2D eigenvalue weighted by molar-refractivity contribution is 7.99. The molecule has 0 spiro atoms. The molecule has 10 heteroatoms. The van der Waals surface area contributed by atoms with Crippen LogP contribution in [0.2, 0.25) is 15.1 Å². The monoisotopic (exact) mass is 510 g/mol. The van der Waals surface area contributed by atoms with Gasteiger partial charge in [0, 0.05) is 6.54 Å². The van der Waals surface area contributed by atoms with Gasteiger partial charge in [-0.15, -0.1) is 16.8 Å². The van der Waals surface area contributed by atoms with Gasteiger partial charge in [-0.3, -0.25) is 9.36 Å². The van der Waals surface area contributed by atoms with Gasteiger partial charge in [0.2, 0.25) is 5.91 Å². The summed E-state index contributed by atoms with van der Waals surface area (Å²) in [6.45, 7) is 8.18. The summed E-state index contributed by atoms with van der Waals surface area (Å²) in [7, 11) is 0. The number of ether oxygens (including phenoxy) is 1. The summed E-state index contributed by atoms with van der Waals surface area (Å²) in [5.74, 6) is 1.25. The van der Waals surface area contributed by atoms with Crippen LogP contribution in [0.4, 0.5) is 5.69 Å². The van der Waals surface area contributed by atoms with Crippen molar-refractivity contribution in [2.45, 2.75) is 31.7 Å². The summed E-state index contributed by atoms with van der Waals surface area (Å²) in [5, 5.41) is 12.8. The lowest BCUT2D eigenvalue weighted by atomic mass is 10.2. The number of allylic oxidation sites excluding steroid dienone is 1. The molecular weight excluding hydrogens is 491 g/mol. The second-order valence-corrected chi connectivity index (χ2v) is 9.01. The first-order valence-electron chi connectivity index (χ1n) is 9.63. The number of hydrogen-bond acceptors (Lipinski definition) is 5. The van der Waals surface area contributed by atoms with Crippen LogP contribution in [0, 0.1) is 6.92 Å². The van der Waals surface area contributed by atoms with Crippen LogP contribution >= 0.6 is 46.6 Å². The molecule has 0 aliphatic rings. The first-order chi connectivity index (χ1) is 15.3. The molecule has 3 aromatic rings. The Morgan fingerprint density at radius 2 is 1.94 bits per heavy atom. The number of para-hydroxylation sites is 1.